The number of morpholine rings is 1. The number of hydrogen-bond acceptors (Lipinski definition) is 4. The van der Waals surface area contributed by atoms with Crippen molar-refractivity contribution in [3.05, 3.63) is 24.8 Å². The molecular formula is C10H12N4O. The summed E-state index contributed by atoms with van der Waals surface area (Å²) < 4.78 is 7.37. The van der Waals surface area contributed by atoms with Crippen LogP contribution in [0, 0.1) is 0 Å². The third-order valence-corrected chi connectivity index (χ3v) is 2.61. The molecule has 0 atom stereocenters. The van der Waals surface area contributed by atoms with Crippen molar-refractivity contribution in [2.45, 2.75) is 0 Å². The zero-order chi connectivity index (χ0) is 10.1. The van der Waals surface area contributed by atoms with E-state index >= 15 is 0 Å². The molecule has 0 saturated carbocycles. The van der Waals surface area contributed by atoms with Gasteiger partial charge in [0.2, 0.25) is 5.95 Å². The molecule has 3 heterocycles. The van der Waals surface area contributed by atoms with E-state index in [9.17, 15) is 0 Å². The molecule has 0 bridgehead atoms. The molecule has 3 rings (SSSR count). The minimum Gasteiger partial charge on any atom is -0.378 e. The maximum Gasteiger partial charge on any atom is 0.210 e. The minimum absolute atomic E-state index is 0.778. The summed E-state index contributed by atoms with van der Waals surface area (Å²) in [5.74, 6) is 0.982. The fourth-order valence-corrected chi connectivity index (χ4v) is 1.83. The Bertz CT molecular complexity index is 461. The first kappa shape index (κ1) is 8.67. The van der Waals surface area contributed by atoms with Crippen molar-refractivity contribution >= 4 is 11.5 Å². The smallest absolute Gasteiger partial charge is 0.210 e. The highest BCUT2D eigenvalue weighted by molar-refractivity contribution is 5.51. The molecule has 0 radical (unpaired) electrons. The van der Waals surface area contributed by atoms with E-state index in [0.717, 1.165) is 37.8 Å². The molecule has 78 valence electrons. The zero-order valence-corrected chi connectivity index (χ0v) is 8.33. The number of ether oxygens (including phenoxy) is 1. The second kappa shape index (κ2) is 3.51. The highest BCUT2D eigenvalue weighted by Crippen LogP contribution is 2.15. The number of imidazole rings is 1. The molecule has 2 aromatic heterocycles. The van der Waals surface area contributed by atoms with Gasteiger partial charge in [-0.25, -0.2) is 4.98 Å². The van der Waals surface area contributed by atoms with Crippen LogP contribution in [0.4, 0.5) is 5.95 Å². The zero-order valence-electron chi connectivity index (χ0n) is 8.33. The predicted octanol–water partition coefficient (Wildman–Crippen LogP) is 0.566. The van der Waals surface area contributed by atoms with Gasteiger partial charge in [0, 0.05) is 25.5 Å². The summed E-state index contributed by atoms with van der Waals surface area (Å²) >= 11 is 0. The molecule has 5 nitrogen and oxygen atoms in total. The summed E-state index contributed by atoms with van der Waals surface area (Å²) in [6.07, 6.45) is 7.38. The van der Waals surface area contributed by atoms with Crippen LogP contribution < -0.4 is 4.90 Å². The molecular weight excluding hydrogens is 192 g/mol. The Balaban J connectivity index is 2.02. The van der Waals surface area contributed by atoms with E-state index in [1.807, 2.05) is 18.6 Å². The third-order valence-electron chi connectivity index (χ3n) is 2.61. The van der Waals surface area contributed by atoms with Gasteiger partial charge in [0.1, 0.15) is 0 Å². The van der Waals surface area contributed by atoms with Crippen LogP contribution in [0.15, 0.2) is 24.8 Å². The van der Waals surface area contributed by atoms with E-state index in [1.54, 1.807) is 6.20 Å². The monoisotopic (exact) mass is 204 g/mol. The largest absolute Gasteiger partial charge is 0.378 e. The molecule has 1 aliphatic heterocycles. The van der Waals surface area contributed by atoms with Crippen molar-refractivity contribution in [2.24, 2.45) is 0 Å². The van der Waals surface area contributed by atoms with Crippen LogP contribution in [0.5, 0.6) is 0 Å². The van der Waals surface area contributed by atoms with Gasteiger partial charge in [0.05, 0.1) is 31.1 Å². The Kier molecular flexibility index (Phi) is 2.03. The molecule has 1 aliphatic rings. The van der Waals surface area contributed by atoms with Crippen LogP contribution in [0.2, 0.25) is 0 Å². The van der Waals surface area contributed by atoms with Crippen LogP contribution in [-0.4, -0.2) is 40.7 Å². The number of aromatic nitrogens is 3. The quantitative estimate of drug-likeness (QED) is 0.681. The molecule has 0 aliphatic carbocycles. The van der Waals surface area contributed by atoms with Gasteiger partial charge >= 0.3 is 0 Å². The SMILES string of the molecule is c1cn2c(N3CCOCC3)ncc2cn1. The average Bonchev–Trinajstić information content (AvgIpc) is 2.74. The lowest BCUT2D eigenvalue weighted by molar-refractivity contribution is 0.122. The summed E-state index contributed by atoms with van der Waals surface area (Å²) in [5, 5.41) is 0. The van der Waals surface area contributed by atoms with E-state index < -0.39 is 0 Å². The Morgan fingerprint density at radius 3 is 2.93 bits per heavy atom. The second-order valence-electron chi connectivity index (χ2n) is 3.53. The maximum atomic E-state index is 5.32. The van der Waals surface area contributed by atoms with Gasteiger partial charge in [-0.15, -0.1) is 0 Å². The maximum absolute atomic E-state index is 5.32. The van der Waals surface area contributed by atoms with Gasteiger partial charge in [0.15, 0.2) is 0 Å². The predicted molar refractivity (Wildman–Crippen MR) is 56.0 cm³/mol. The Labute approximate surface area is 87.3 Å². The lowest BCUT2D eigenvalue weighted by atomic mass is 10.4. The molecule has 1 saturated heterocycles. The van der Waals surface area contributed by atoms with Crippen LogP contribution >= 0.6 is 0 Å². The van der Waals surface area contributed by atoms with E-state index in [-0.39, 0.29) is 0 Å². The molecule has 0 aromatic carbocycles. The standard InChI is InChI=1S/C10H12N4O/c1-2-14-9(7-11-1)8-12-10(14)13-3-5-15-6-4-13/h1-2,7-8H,3-6H2. The van der Waals surface area contributed by atoms with E-state index in [0.29, 0.717) is 0 Å². The molecule has 1 fully saturated rings. The van der Waals surface area contributed by atoms with E-state index in [2.05, 4.69) is 19.3 Å². The average molecular weight is 204 g/mol. The molecule has 0 amide bonds. The summed E-state index contributed by atoms with van der Waals surface area (Å²) in [7, 11) is 0. The minimum atomic E-state index is 0.778. The van der Waals surface area contributed by atoms with Gasteiger partial charge in [-0.2, -0.15) is 0 Å². The highest BCUT2D eigenvalue weighted by atomic mass is 16.5. The molecule has 0 unspecified atom stereocenters. The first-order chi connectivity index (χ1) is 7.45. The second-order valence-corrected chi connectivity index (χ2v) is 3.53. The van der Waals surface area contributed by atoms with Crippen LogP contribution in [0.1, 0.15) is 0 Å². The van der Waals surface area contributed by atoms with Crippen molar-refractivity contribution in [3.63, 3.8) is 0 Å². The first-order valence-electron chi connectivity index (χ1n) is 5.05. The van der Waals surface area contributed by atoms with Gasteiger partial charge in [-0.1, -0.05) is 0 Å². The topological polar surface area (TPSA) is 42.7 Å². The van der Waals surface area contributed by atoms with Gasteiger partial charge in [-0.05, 0) is 0 Å². The number of hydrogen-bond donors (Lipinski definition) is 0. The van der Waals surface area contributed by atoms with Crippen LogP contribution in [-0.2, 0) is 4.74 Å². The molecule has 0 N–H and O–H groups in total. The summed E-state index contributed by atoms with van der Waals surface area (Å²) in [4.78, 5) is 10.7. The molecule has 2 aromatic rings. The summed E-state index contributed by atoms with van der Waals surface area (Å²) in [5.41, 5.74) is 1.03. The highest BCUT2D eigenvalue weighted by Gasteiger charge is 2.15. The fraction of sp³-hybridized carbons (Fsp3) is 0.400. The number of fused-ring (bicyclic) bond motifs is 1. The first-order valence-corrected chi connectivity index (χ1v) is 5.05. The van der Waals surface area contributed by atoms with Crippen molar-refractivity contribution < 1.29 is 4.74 Å². The normalized spacial score (nSPS) is 17.2. The van der Waals surface area contributed by atoms with E-state index in [4.69, 9.17) is 4.74 Å². The Morgan fingerprint density at radius 1 is 1.20 bits per heavy atom. The fourth-order valence-electron chi connectivity index (χ4n) is 1.83. The number of anilines is 1. The number of nitrogens with zero attached hydrogens (tertiary/aromatic N) is 4. The lowest BCUT2D eigenvalue weighted by Crippen LogP contribution is -2.37. The van der Waals surface area contributed by atoms with Crippen molar-refractivity contribution in [1.29, 1.82) is 0 Å². The van der Waals surface area contributed by atoms with Crippen molar-refractivity contribution in [2.75, 3.05) is 31.2 Å². The van der Waals surface area contributed by atoms with E-state index in [1.165, 1.54) is 0 Å². The van der Waals surface area contributed by atoms with Gasteiger partial charge in [0.25, 0.3) is 0 Å². The summed E-state index contributed by atoms with van der Waals surface area (Å²) in [6.45, 7) is 3.36. The Morgan fingerprint density at radius 2 is 2.07 bits per heavy atom. The van der Waals surface area contributed by atoms with Crippen molar-refractivity contribution in [3.8, 4) is 0 Å². The van der Waals surface area contributed by atoms with Crippen molar-refractivity contribution in [1.82, 2.24) is 14.4 Å². The van der Waals surface area contributed by atoms with Gasteiger partial charge in [-0.3, -0.25) is 9.38 Å². The molecule has 5 heteroatoms. The van der Waals surface area contributed by atoms with Crippen LogP contribution in [0.3, 0.4) is 0 Å². The third kappa shape index (κ3) is 1.45. The molecule has 15 heavy (non-hydrogen) atoms. The summed E-state index contributed by atoms with van der Waals surface area (Å²) in [6, 6.07) is 0. The molecule has 0 spiro atoms. The Hall–Kier alpha value is -1.62. The van der Waals surface area contributed by atoms with Crippen LogP contribution in [0.25, 0.3) is 5.52 Å². The lowest BCUT2D eigenvalue weighted by Gasteiger charge is -2.26. The van der Waals surface area contributed by atoms with Gasteiger partial charge < -0.3 is 9.64 Å². The number of rotatable bonds is 1.